The van der Waals surface area contributed by atoms with E-state index in [-0.39, 0.29) is 23.1 Å². The monoisotopic (exact) mass is 520 g/mol. The third-order valence-electron chi connectivity index (χ3n) is 5.90. The third kappa shape index (κ3) is 4.36. The molecule has 0 unspecified atom stereocenters. The predicted octanol–water partition coefficient (Wildman–Crippen LogP) is 6.26. The van der Waals surface area contributed by atoms with E-state index in [2.05, 4.69) is 0 Å². The number of hydrogen-bond donors (Lipinski definition) is 0. The standard InChI is InChI=1S/C28H21ClO8/c1-14-19(37-28(31)24-13-16-12-17(29)5-7-20(16)35-24)8-6-18-25(30)21(36-26(14)18)9-15-10-22(32-2)27(34-4)23(11-15)33-3/h5-13H,1-4H3/b21-9-. The average Bonchev–Trinajstić information content (AvgIpc) is 3.46. The first-order valence-corrected chi connectivity index (χ1v) is 11.5. The van der Waals surface area contributed by atoms with Gasteiger partial charge in [-0.3, -0.25) is 4.79 Å². The predicted molar refractivity (Wildman–Crippen MR) is 136 cm³/mol. The summed E-state index contributed by atoms with van der Waals surface area (Å²) in [6, 6.07) is 13.1. The summed E-state index contributed by atoms with van der Waals surface area (Å²) in [7, 11) is 4.53. The molecule has 37 heavy (non-hydrogen) atoms. The molecule has 5 rings (SSSR count). The second kappa shape index (κ2) is 9.55. The molecule has 4 aromatic rings. The van der Waals surface area contributed by atoms with Crippen molar-refractivity contribution < 1.29 is 37.7 Å². The second-order valence-corrected chi connectivity index (χ2v) is 8.58. The molecule has 0 radical (unpaired) electrons. The number of methoxy groups -OCH3 is 3. The molecule has 0 saturated carbocycles. The molecule has 8 nitrogen and oxygen atoms in total. The molecule has 2 heterocycles. The number of carbonyl (C=O) groups excluding carboxylic acids is 2. The van der Waals surface area contributed by atoms with Crippen LogP contribution in [0.15, 0.2) is 58.7 Å². The first-order chi connectivity index (χ1) is 17.8. The molecule has 1 aliphatic heterocycles. The van der Waals surface area contributed by atoms with E-state index in [0.29, 0.717) is 55.7 Å². The molecule has 0 aliphatic carbocycles. The maximum atomic E-state index is 13.1. The van der Waals surface area contributed by atoms with Gasteiger partial charge in [0.15, 0.2) is 17.3 Å². The van der Waals surface area contributed by atoms with E-state index in [1.165, 1.54) is 21.3 Å². The minimum atomic E-state index is -0.687. The van der Waals surface area contributed by atoms with Gasteiger partial charge >= 0.3 is 5.97 Å². The maximum Gasteiger partial charge on any atom is 0.379 e. The van der Waals surface area contributed by atoms with Gasteiger partial charge in [-0.25, -0.2) is 4.79 Å². The Morgan fingerprint density at radius 1 is 0.919 bits per heavy atom. The van der Waals surface area contributed by atoms with E-state index in [4.69, 9.17) is 39.7 Å². The van der Waals surface area contributed by atoms with Crippen molar-refractivity contribution in [3.63, 3.8) is 0 Å². The van der Waals surface area contributed by atoms with Crippen molar-refractivity contribution in [3.8, 4) is 28.7 Å². The molecule has 0 saturated heterocycles. The first kappa shape index (κ1) is 24.3. The molecule has 0 N–H and O–H groups in total. The summed E-state index contributed by atoms with van der Waals surface area (Å²) in [6.45, 7) is 1.70. The average molecular weight is 521 g/mol. The summed E-state index contributed by atoms with van der Waals surface area (Å²) >= 11 is 6.01. The Balaban J connectivity index is 1.42. The van der Waals surface area contributed by atoms with Crippen molar-refractivity contribution >= 4 is 40.4 Å². The van der Waals surface area contributed by atoms with E-state index in [1.54, 1.807) is 61.5 Å². The van der Waals surface area contributed by atoms with Crippen LogP contribution in [0.25, 0.3) is 17.0 Å². The molecule has 1 aromatic heterocycles. The van der Waals surface area contributed by atoms with Gasteiger partial charge in [-0.1, -0.05) is 11.6 Å². The summed E-state index contributed by atoms with van der Waals surface area (Å²) in [4.78, 5) is 25.8. The van der Waals surface area contributed by atoms with Crippen molar-refractivity contribution in [1.29, 1.82) is 0 Å². The van der Waals surface area contributed by atoms with Crippen molar-refractivity contribution in [2.75, 3.05) is 21.3 Å². The van der Waals surface area contributed by atoms with Gasteiger partial charge in [0.1, 0.15) is 17.1 Å². The number of benzene rings is 3. The molecule has 188 valence electrons. The summed E-state index contributed by atoms with van der Waals surface area (Å²) in [5.74, 6) is 0.997. The zero-order chi connectivity index (χ0) is 26.3. The highest BCUT2D eigenvalue weighted by atomic mass is 35.5. The molecule has 0 amide bonds. The van der Waals surface area contributed by atoms with Gasteiger partial charge < -0.3 is 28.1 Å². The van der Waals surface area contributed by atoms with Crippen LogP contribution < -0.4 is 23.7 Å². The fourth-order valence-electron chi connectivity index (χ4n) is 4.08. The summed E-state index contributed by atoms with van der Waals surface area (Å²) in [5, 5.41) is 1.21. The molecular weight excluding hydrogens is 500 g/mol. The highest BCUT2D eigenvalue weighted by Gasteiger charge is 2.31. The molecular formula is C28H21ClO8. The number of ether oxygens (including phenoxy) is 5. The molecule has 0 fully saturated rings. The van der Waals surface area contributed by atoms with Crippen molar-refractivity contribution in [2.45, 2.75) is 6.92 Å². The number of furan rings is 1. The van der Waals surface area contributed by atoms with Crippen molar-refractivity contribution in [3.05, 3.63) is 81.8 Å². The smallest absolute Gasteiger partial charge is 0.379 e. The molecule has 3 aromatic carbocycles. The highest BCUT2D eigenvalue weighted by molar-refractivity contribution is 6.31. The van der Waals surface area contributed by atoms with Gasteiger partial charge in [-0.05, 0) is 67.1 Å². The lowest BCUT2D eigenvalue weighted by atomic mass is 10.1. The van der Waals surface area contributed by atoms with Crippen LogP contribution in [0.5, 0.6) is 28.7 Å². The van der Waals surface area contributed by atoms with Crippen LogP contribution in [0.3, 0.4) is 0 Å². The molecule has 0 bridgehead atoms. The number of Topliss-reactive ketones (excluding diaryl/α,β-unsaturated/α-hetero) is 1. The van der Waals surface area contributed by atoms with Crippen LogP contribution in [0.4, 0.5) is 0 Å². The Bertz CT molecular complexity index is 1570. The zero-order valence-electron chi connectivity index (χ0n) is 20.3. The second-order valence-electron chi connectivity index (χ2n) is 8.15. The van der Waals surface area contributed by atoms with Gasteiger partial charge in [-0.15, -0.1) is 0 Å². The Kier molecular flexibility index (Phi) is 6.27. The summed E-state index contributed by atoms with van der Waals surface area (Å²) < 4.78 is 33.2. The molecule has 0 spiro atoms. The maximum absolute atomic E-state index is 13.1. The Labute approximate surface area is 216 Å². The lowest BCUT2D eigenvalue weighted by Gasteiger charge is -2.13. The highest BCUT2D eigenvalue weighted by Crippen LogP contribution is 2.42. The topological polar surface area (TPSA) is 93.4 Å². The van der Waals surface area contributed by atoms with Crippen LogP contribution in [-0.2, 0) is 0 Å². The quantitative estimate of drug-likeness (QED) is 0.167. The lowest BCUT2D eigenvalue weighted by molar-refractivity contribution is 0.0702. The third-order valence-corrected chi connectivity index (χ3v) is 6.14. The zero-order valence-corrected chi connectivity index (χ0v) is 21.1. The van der Waals surface area contributed by atoms with Crippen LogP contribution in [0.2, 0.25) is 5.02 Å². The SMILES string of the molecule is COc1cc(/C=C2\Oc3c(ccc(OC(=O)c4cc5cc(Cl)ccc5o4)c3C)C2=O)cc(OC)c1OC. The molecule has 1 aliphatic rings. The van der Waals surface area contributed by atoms with Crippen LogP contribution in [-0.4, -0.2) is 33.1 Å². The number of allylic oxidation sites excluding steroid dienone is 1. The van der Waals surface area contributed by atoms with Crippen LogP contribution >= 0.6 is 11.6 Å². The van der Waals surface area contributed by atoms with E-state index in [9.17, 15) is 9.59 Å². The number of hydrogen-bond acceptors (Lipinski definition) is 8. The Morgan fingerprint density at radius 3 is 2.32 bits per heavy atom. The van der Waals surface area contributed by atoms with Crippen LogP contribution in [0.1, 0.15) is 32.0 Å². The van der Waals surface area contributed by atoms with E-state index < -0.39 is 5.97 Å². The number of rotatable bonds is 6. The normalized spacial score (nSPS) is 13.4. The Hall–Kier alpha value is -4.43. The van der Waals surface area contributed by atoms with Crippen molar-refractivity contribution in [2.24, 2.45) is 0 Å². The number of fused-ring (bicyclic) bond motifs is 2. The van der Waals surface area contributed by atoms with E-state index in [1.807, 2.05) is 0 Å². The number of ketones is 1. The van der Waals surface area contributed by atoms with E-state index in [0.717, 1.165) is 0 Å². The largest absolute Gasteiger partial charge is 0.493 e. The number of carbonyl (C=O) groups is 2. The fourth-order valence-corrected chi connectivity index (χ4v) is 4.26. The lowest BCUT2D eigenvalue weighted by Crippen LogP contribution is -2.08. The minimum Gasteiger partial charge on any atom is -0.493 e. The fraction of sp³-hybridized carbons (Fsp3) is 0.143. The van der Waals surface area contributed by atoms with Crippen LogP contribution in [0, 0.1) is 6.92 Å². The first-order valence-electron chi connectivity index (χ1n) is 11.1. The number of halogens is 1. The molecule has 9 heteroatoms. The van der Waals surface area contributed by atoms with Gasteiger partial charge in [0.25, 0.3) is 0 Å². The van der Waals surface area contributed by atoms with Gasteiger partial charge in [-0.2, -0.15) is 0 Å². The molecule has 0 atom stereocenters. The van der Waals surface area contributed by atoms with Crippen molar-refractivity contribution in [1.82, 2.24) is 0 Å². The minimum absolute atomic E-state index is 0.0251. The van der Waals surface area contributed by atoms with E-state index >= 15 is 0 Å². The van der Waals surface area contributed by atoms with Gasteiger partial charge in [0.2, 0.25) is 17.3 Å². The van der Waals surface area contributed by atoms with Gasteiger partial charge in [0, 0.05) is 16.0 Å². The number of esters is 1. The Morgan fingerprint density at radius 2 is 1.65 bits per heavy atom. The summed E-state index contributed by atoms with van der Waals surface area (Å²) in [5.41, 5.74) is 1.97. The van der Waals surface area contributed by atoms with Gasteiger partial charge in [0.05, 0.1) is 26.9 Å². The summed E-state index contributed by atoms with van der Waals surface area (Å²) in [6.07, 6.45) is 1.58.